The molecule has 0 bridgehead atoms. The second-order valence-corrected chi connectivity index (χ2v) is 8.17. The van der Waals surface area contributed by atoms with E-state index in [0.717, 1.165) is 10.0 Å². The molecule has 1 aromatic carbocycles. The molecule has 7 heteroatoms. The van der Waals surface area contributed by atoms with Crippen molar-refractivity contribution in [2.24, 2.45) is 16.3 Å². The molecule has 1 aliphatic heterocycles. The van der Waals surface area contributed by atoms with Gasteiger partial charge in [0, 0.05) is 11.5 Å². The molecule has 6 nitrogen and oxygen atoms in total. The lowest BCUT2D eigenvalue weighted by molar-refractivity contribution is -0.140. The van der Waals surface area contributed by atoms with Gasteiger partial charge in [0.2, 0.25) is 11.9 Å². The second kappa shape index (κ2) is 6.20. The molecule has 2 amide bonds. The lowest BCUT2D eigenvalue weighted by Gasteiger charge is -2.50. The van der Waals surface area contributed by atoms with Crippen LogP contribution in [0.2, 0.25) is 0 Å². The summed E-state index contributed by atoms with van der Waals surface area (Å²) in [7, 11) is 1.54. The van der Waals surface area contributed by atoms with Gasteiger partial charge in [-0.3, -0.25) is 9.69 Å². The lowest BCUT2D eigenvalue weighted by atomic mass is 9.65. The summed E-state index contributed by atoms with van der Waals surface area (Å²) in [6.45, 7) is 7.91. The summed E-state index contributed by atoms with van der Waals surface area (Å²) in [5.41, 5.74) is -0.249. The highest BCUT2D eigenvalue weighted by atomic mass is 79.9. The molecule has 0 radical (unpaired) electrons. The highest BCUT2D eigenvalue weighted by Gasteiger charge is 2.53. The Morgan fingerprint density at radius 2 is 2.04 bits per heavy atom. The van der Waals surface area contributed by atoms with Crippen molar-refractivity contribution in [2.45, 2.75) is 33.2 Å². The van der Waals surface area contributed by atoms with Crippen LogP contribution in [-0.4, -0.2) is 35.0 Å². The van der Waals surface area contributed by atoms with Crippen molar-refractivity contribution in [3.63, 3.8) is 0 Å². The molecular weight excluding hydrogens is 374 g/mol. The fourth-order valence-corrected chi connectivity index (χ4v) is 3.81. The van der Waals surface area contributed by atoms with Crippen LogP contribution in [0.4, 0.5) is 4.79 Å². The first-order valence-electron chi connectivity index (χ1n) is 7.60. The minimum absolute atomic E-state index is 0.0375. The molecule has 0 aliphatic carbocycles. The Bertz CT molecular complexity index is 711. The molecule has 2 rings (SSSR count). The number of carboxylic acid groups (broad SMARTS) is 1. The van der Waals surface area contributed by atoms with Crippen LogP contribution in [0.3, 0.4) is 0 Å². The average molecular weight is 396 g/mol. The molecule has 0 saturated carbocycles. The van der Waals surface area contributed by atoms with Crippen LogP contribution < -0.4 is 5.32 Å². The molecule has 1 saturated heterocycles. The highest BCUT2D eigenvalue weighted by Crippen LogP contribution is 2.44. The maximum atomic E-state index is 13.0. The Labute approximate surface area is 150 Å². The Kier molecular flexibility index (Phi) is 4.77. The topological polar surface area (TPSA) is 82.0 Å². The van der Waals surface area contributed by atoms with Gasteiger partial charge in [0.25, 0.3) is 0 Å². The van der Waals surface area contributed by atoms with Gasteiger partial charge in [-0.2, -0.15) is 0 Å². The number of carbonyl (C=O) groups excluding carboxylic acids is 1. The molecule has 1 heterocycles. The molecule has 130 valence electrons. The van der Waals surface area contributed by atoms with Crippen LogP contribution in [0, 0.1) is 11.3 Å². The molecular formula is C17H22BrN3O3. The zero-order chi connectivity index (χ0) is 18.3. The third kappa shape index (κ3) is 3.31. The van der Waals surface area contributed by atoms with Crippen LogP contribution in [-0.2, 0) is 10.3 Å². The third-order valence-corrected chi connectivity index (χ3v) is 4.83. The van der Waals surface area contributed by atoms with Crippen molar-refractivity contribution in [3.05, 3.63) is 34.3 Å². The van der Waals surface area contributed by atoms with E-state index in [1.54, 1.807) is 0 Å². The average Bonchev–Trinajstić information content (AvgIpc) is 2.42. The van der Waals surface area contributed by atoms with E-state index in [1.165, 1.54) is 11.9 Å². The summed E-state index contributed by atoms with van der Waals surface area (Å²) in [5, 5.41) is 12.2. The molecule has 2 atom stereocenters. The quantitative estimate of drug-likeness (QED) is 0.762. The van der Waals surface area contributed by atoms with Crippen molar-refractivity contribution >= 4 is 33.9 Å². The summed E-state index contributed by atoms with van der Waals surface area (Å²) < 4.78 is 0.888. The molecule has 0 aromatic heterocycles. The minimum atomic E-state index is -1.34. The number of guanidine groups is 1. The zero-order valence-corrected chi connectivity index (χ0v) is 16.0. The van der Waals surface area contributed by atoms with Gasteiger partial charge >= 0.3 is 6.09 Å². The van der Waals surface area contributed by atoms with Crippen LogP contribution in [0.25, 0.3) is 0 Å². The number of aliphatic imine (C=N–C) groups is 1. The zero-order valence-electron chi connectivity index (χ0n) is 14.4. The predicted molar refractivity (Wildman–Crippen MR) is 95.8 cm³/mol. The van der Waals surface area contributed by atoms with Gasteiger partial charge in [-0.15, -0.1) is 4.99 Å². The number of hydrogen-bond acceptors (Lipinski definition) is 2. The maximum Gasteiger partial charge on any atom is 0.434 e. The van der Waals surface area contributed by atoms with Crippen LogP contribution >= 0.6 is 15.9 Å². The van der Waals surface area contributed by atoms with Gasteiger partial charge in [0.15, 0.2) is 0 Å². The standard InChI is InChI=1S/C17H22BrN3O3/c1-16(2,3)12-13(22)21(5)14(19-15(23)24)20-17(12,4)10-7-6-8-11(18)9-10/h6-9,12H,1-5H3,(H,19,20)(H,23,24). The van der Waals surface area contributed by atoms with Crippen molar-refractivity contribution < 1.29 is 14.7 Å². The maximum absolute atomic E-state index is 13.0. The number of rotatable bonds is 1. The monoisotopic (exact) mass is 395 g/mol. The smallest absolute Gasteiger partial charge is 0.434 e. The summed E-state index contributed by atoms with van der Waals surface area (Å²) in [4.78, 5) is 28.9. The first-order valence-corrected chi connectivity index (χ1v) is 8.39. The van der Waals surface area contributed by atoms with Crippen molar-refractivity contribution in [1.82, 2.24) is 10.2 Å². The van der Waals surface area contributed by atoms with Crippen molar-refractivity contribution in [1.29, 1.82) is 0 Å². The number of carbonyl (C=O) groups is 2. The summed E-state index contributed by atoms with van der Waals surface area (Å²) in [6, 6.07) is 7.65. The van der Waals surface area contributed by atoms with Gasteiger partial charge in [-0.05, 0) is 30.0 Å². The van der Waals surface area contributed by atoms with E-state index in [-0.39, 0.29) is 17.3 Å². The summed E-state index contributed by atoms with van der Waals surface area (Å²) in [6.07, 6.45) is -1.34. The Hall–Kier alpha value is -1.89. The largest absolute Gasteiger partial charge is 0.463 e. The van der Waals surface area contributed by atoms with Crippen molar-refractivity contribution in [2.75, 3.05) is 7.05 Å². The molecule has 24 heavy (non-hydrogen) atoms. The van der Waals surface area contributed by atoms with E-state index in [0.29, 0.717) is 0 Å². The number of amides is 2. The van der Waals surface area contributed by atoms with Crippen molar-refractivity contribution in [3.8, 4) is 0 Å². The molecule has 1 aliphatic rings. The number of nitrogens with one attached hydrogen (secondary N) is 1. The van der Waals surface area contributed by atoms with Gasteiger partial charge < -0.3 is 10.4 Å². The second-order valence-electron chi connectivity index (χ2n) is 7.25. The SMILES string of the molecule is CN1C(=O)C(C(C)(C)C)C(C)(c2cccc(Br)c2)NC1=NC(=O)O. The van der Waals surface area contributed by atoms with Gasteiger partial charge in [0.05, 0.1) is 11.5 Å². The van der Waals surface area contributed by atoms with E-state index in [1.807, 2.05) is 52.0 Å². The van der Waals surface area contributed by atoms with Crippen LogP contribution in [0.5, 0.6) is 0 Å². The van der Waals surface area contributed by atoms with Gasteiger partial charge in [0.1, 0.15) is 0 Å². The Morgan fingerprint density at radius 1 is 1.42 bits per heavy atom. The molecule has 0 spiro atoms. The summed E-state index contributed by atoms with van der Waals surface area (Å²) in [5.74, 6) is -0.531. The lowest BCUT2D eigenvalue weighted by Crippen LogP contribution is -2.66. The van der Waals surface area contributed by atoms with Gasteiger partial charge in [-0.1, -0.05) is 48.8 Å². The molecule has 2 N–H and O–H groups in total. The predicted octanol–water partition coefficient (Wildman–Crippen LogP) is 3.42. The van der Waals surface area contributed by atoms with E-state index < -0.39 is 17.6 Å². The highest BCUT2D eigenvalue weighted by molar-refractivity contribution is 9.10. The van der Waals surface area contributed by atoms with E-state index in [2.05, 4.69) is 26.2 Å². The minimum Gasteiger partial charge on any atom is -0.463 e. The first-order chi connectivity index (χ1) is 11.0. The van der Waals surface area contributed by atoms with E-state index in [4.69, 9.17) is 5.11 Å². The van der Waals surface area contributed by atoms with Crippen LogP contribution in [0.1, 0.15) is 33.3 Å². The molecule has 1 aromatic rings. The first kappa shape index (κ1) is 18.4. The number of halogens is 1. The summed E-state index contributed by atoms with van der Waals surface area (Å²) >= 11 is 3.46. The number of benzene rings is 1. The number of nitrogens with zero attached hydrogens (tertiary/aromatic N) is 2. The third-order valence-electron chi connectivity index (χ3n) is 4.34. The fraction of sp³-hybridized carbons (Fsp3) is 0.471. The molecule has 1 fully saturated rings. The Morgan fingerprint density at radius 3 is 2.54 bits per heavy atom. The normalized spacial score (nSPS) is 26.4. The van der Waals surface area contributed by atoms with Crippen LogP contribution in [0.15, 0.2) is 33.7 Å². The number of hydrogen-bond donors (Lipinski definition) is 2. The molecule has 2 unspecified atom stereocenters. The van der Waals surface area contributed by atoms with E-state index in [9.17, 15) is 9.59 Å². The Balaban J connectivity index is 2.66. The van der Waals surface area contributed by atoms with Gasteiger partial charge in [-0.25, -0.2) is 4.79 Å². The van der Waals surface area contributed by atoms with E-state index >= 15 is 0 Å². The fourth-order valence-electron chi connectivity index (χ4n) is 3.41.